The maximum atomic E-state index is 10.8. The number of hydrogen-bond acceptors (Lipinski definition) is 5. The summed E-state index contributed by atoms with van der Waals surface area (Å²) in [5.41, 5.74) is 0. The molecule has 3 heterocycles. The Kier molecular flexibility index (Phi) is 2.54. The predicted molar refractivity (Wildman–Crippen MR) is 45.2 cm³/mol. The number of esters is 1. The van der Waals surface area contributed by atoms with Crippen molar-refractivity contribution in [1.82, 2.24) is 0 Å². The molecule has 0 atom stereocenters. The molecule has 0 N–H and O–H groups in total. The van der Waals surface area contributed by atoms with E-state index >= 15 is 0 Å². The van der Waals surface area contributed by atoms with Crippen LogP contribution in [0.3, 0.4) is 0 Å². The highest BCUT2D eigenvalue weighted by Crippen LogP contribution is 2.30. The van der Waals surface area contributed by atoms with Crippen LogP contribution in [0, 0.1) is 5.92 Å². The van der Waals surface area contributed by atoms with Gasteiger partial charge in [-0.25, -0.2) is 4.79 Å². The average Bonchev–Trinajstić information content (AvgIpc) is 2.28. The van der Waals surface area contributed by atoms with Gasteiger partial charge in [0.15, 0.2) is 6.61 Å². The molecule has 14 heavy (non-hydrogen) atoms. The second-order valence-corrected chi connectivity index (χ2v) is 3.29. The predicted octanol–water partition coefficient (Wildman–Crippen LogP) is 0.0626. The summed E-state index contributed by atoms with van der Waals surface area (Å²) in [7, 11) is 0. The lowest BCUT2D eigenvalue weighted by Crippen LogP contribution is -2.56. The van der Waals surface area contributed by atoms with E-state index in [0.717, 1.165) is 6.08 Å². The minimum absolute atomic E-state index is 0.0510. The molecule has 0 aromatic rings. The van der Waals surface area contributed by atoms with E-state index in [1.54, 1.807) is 0 Å². The first kappa shape index (κ1) is 9.64. The molecule has 0 aromatic carbocycles. The molecule has 0 saturated carbocycles. The minimum atomic E-state index is -1.17. The summed E-state index contributed by atoms with van der Waals surface area (Å²) >= 11 is 0. The molecule has 3 fully saturated rings. The normalized spacial score (nSPS) is 35.3. The van der Waals surface area contributed by atoms with Crippen molar-refractivity contribution >= 4 is 5.97 Å². The highest BCUT2D eigenvalue weighted by atomic mass is 16.9. The zero-order valence-electron chi connectivity index (χ0n) is 7.73. The molecule has 0 radical (unpaired) electrons. The summed E-state index contributed by atoms with van der Waals surface area (Å²) in [6.07, 6.45) is 1.09. The third-order valence-electron chi connectivity index (χ3n) is 2.17. The second kappa shape index (κ2) is 3.68. The Balaban J connectivity index is 1.88. The van der Waals surface area contributed by atoms with Gasteiger partial charge in [0.25, 0.3) is 0 Å². The lowest BCUT2D eigenvalue weighted by Gasteiger charge is -2.44. The van der Waals surface area contributed by atoms with Crippen LogP contribution in [0.2, 0.25) is 0 Å². The Labute approximate surface area is 81.6 Å². The van der Waals surface area contributed by atoms with Gasteiger partial charge in [0.2, 0.25) is 0 Å². The van der Waals surface area contributed by atoms with Gasteiger partial charge in [-0.05, 0) is 0 Å². The fourth-order valence-corrected chi connectivity index (χ4v) is 1.35. The van der Waals surface area contributed by atoms with Crippen molar-refractivity contribution in [3.63, 3.8) is 0 Å². The van der Waals surface area contributed by atoms with Gasteiger partial charge in [-0.2, -0.15) is 0 Å². The van der Waals surface area contributed by atoms with Gasteiger partial charge in [-0.15, -0.1) is 0 Å². The van der Waals surface area contributed by atoms with Gasteiger partial charge >= 0.3 is 11.9 Å². The quantitative estimate of drug-likeness (QED) is 0.476. The molecular weight excluding hydrogens is 188 g/mol. The third kappa shape index (κ3) is 1.79. The molecule has 3 aliphatic rings. The van der Waals surface area contributed by atoms with E-state index < -0.39 is 11.9 Å². The molecule has 5 nitrogen and oxygen atoms in total. The number of rotatable bonds is 3. The Morgan fingerprint density at radius 1 is 1.43 bits per heavy atom. The van der Waals surface area contributed by atoms with Crippen molar-refractivity contribution in [1.29, 1.82) is 0 Å². The molecular formula is C9H12O5. The molecule has 3 rings (SSSR count). The fraction of sp³-hybridized carbons (Fsp3) is 0.667. The minimum Gasteiger partial charge on any atom is -0.454 e. The Morgan fingerprint density at radius 2 is 2.00 bits per heavy atom. The molecule has 3 saturated heterocycles. The van der Waals surface area contributed by atoms with Crippen LogP contribution in [0.15, 0.2) is 12.7 Å². The van der Waals surface area contributed by atoms with E-state index in [4.69, 9.17) is 18.9 Å². The van der Waals surface area contributed by atoms with Crippen LogP contribution < -0.4 is 0 Å². The van der Waals surface area contributed by atoms with Crippen molar-refractivity contribution in [3.05, 3.63) is 12.7 Å². The molecule has 0 aromatic heterocycles. The van der Waals surface area contributed by atoms with E-state index in [1.807, 2.05) is 0 Å². The molecule has 2 bridgehead atoms. The van der Waals surface area contributed by atoms with Crippen LogP contribution in [-0.2, 0) is 23.7 Å². The van der Waals surface area contributed by atoms with Crippen LogP contribution in [0.25, 0.3) is 0 Å². The lowest BCUT2D eigenvalue weighted by molar-refractivity contribution is -0.455. The smallest absolute Gasteiger partial charge is 0.330 e. The van der Waals surface area contributed by atoms with E-state index in [0.29, 0.717) is 25.7 Å². The zero-order chi connectivity index (χ0) is 10.0. The molecule has 0 unspecified atom stereocenters. The van der Waals surface area contributed by atoms with Crippen molar-refractivity contribution < 1.29 is 23.7 Å². The van der Waals surface area contributed by atoms with Crippen LogP contribution >= 0.6 is 0 Å². The number of ether oxygens (including phenoxy) is 4. The second-order valence-electron chi connectivity index (χ2n) is 3.29. The Bertz CT molecular complexity index is 228. The number of carbonyl (C=O) groups excluding carboxylic acids is 1. The summed E-state index contributed by atoms with van der Waals surface area (Å²) < 4.78 is 20.7. The molecule has 0 amide bonds. The molecule has 0 spiro atoms. The molecule has 5 heteroatoms. The summed E-state index contributed by atoms with van der Waals surface area (Å²) in [4.78, 5) is 10.8. The van der Waals surface area contributed by atoms with E-state index in [-0.39, 0.29) is 6.61 Å². The van der Waals surface area contributed by atoms with Crippen molar-refractivity contribution in [2.24, 2.45) is 5.92 Å². The van der Waals surface area contributed by atoms with Gasteiger partial charge in [0.05, 0.1) is 19.8 Å². The van der Waals surface area contributed by atoms with Crippen LogP contribution in [-0.4, -0.2) is 38.4 Å². The Morgan fingerprint density at radius 3 is 2.50 bits per heavy atom. The first-order valence-electron chi connectivity index (χ1n) is 4.45. The first-order chi connectivity index (χ1) is 6.74. The van der Waals surface area contributed by atoms with Crippen molar-refractivity contribution in [2.75, 3.05) is 26.4 Å². The van der Waals surface area contributed by atoms with Gasteiger partial charge in [-0.3, -0.25) is 0 Å². The Hall–Kier alpha value is -0.910. The van der Waals surface area contributed by atoms with E-state index in [2.05, 4.69) is 6.58 Å². The zero-order valence-corrected chi connectivity index (χ0v) is 7.73. The molecule has 3 aliphatic heterocycles. The lowest BCUT2D eigenvalue weighted by atomic mass is 10.1. The van der Waals surface area contributed by atoms with Crippen molar-refractivity contribution in [2.45, 2.75) is 5.97 Å². The summed E-state index contributed by atoms with van der Waals surface area (Å²) in [5.74, 6) is -1.39. The number of hydrogen-bond donors (Lipinski definition) is 0. The summed E-state index contributed by atoms with van der Waals surface area (Å²) in [6.45, 7) is 5.00. The first-order valence-corrected chi connectivity index (χ1v) is 4.45. The molecule has 78 valence electrons. The maximum Gasteiger partial charge on any atom is 0.330 e. The topological polar surface area (TPSA) is 54.0 Å². The van der Waals surface area contributed by atoms with Crippen LogP contribution in [0.5, 0.6) is 0 Å². The summed E-state index contributed by atoms with van der Waals surface area (Å²) in [5, 5.41) is 0. The van der Waals surface area contributed by atoms with Gasteiger partial charge < -0.3 is 18.9 Å². The van der Waals surface area contributed by atoms with E-state index in [1.165, 1.54) is 0 Å². The average molecular weight is 200 g/mol. The fourth-order valence-electron chi connectivity index (χ4n) is 1.35. The number of fused-ring (bicyclic) bond motifs is 3. The van der Waals surface area contributed by atoms with Crippen molar-refractivity contribution in [3.8, 4) is 0 Å². The number of carbonyl (C=O) groups is 1. The summed E-state index contributed by atoms with van der Waals surface area (Å²) in [6, 6.07) is 0. The van der Waals surface area contributed by atoms with Crippen LogP contribution in [0.4, 0.5) is 0 Å². The highest BCUT2D eigenvalue weighted by molar-refractivity contribution is 5.81. The van der Waals surface area contributed by atoms with Gasteiger partial charge in [0, 0.05) is 12.0 Å². The third-order valence-corrected chi connectivity index (χ3v) is 2.17. The highest BCUT2D eigenvalue weighted by Gasteiger charge is 2.45. The van der Waals surface area contributed by atoms with Gasteiger partial charge in [-0.1, -0.05) is 6.58 Å². The van der Waals surface area contributed by atoms with E-state index in [9.17, 15) is 4.79 Å². The standard InChI is InChI=1S/C9H12O5/c1-2-8(10)11-6-9-12-3-7(4-13-9)5-14-9/h2,7H,1,3-6H2. The maximum absolute atomic E-state index is 10.8. The SMILES string of the molecule is C=CC(=O)OCC12OCC(CO1)CO2. The van der Waals surface area contributed by atoms with Gasteiger partial charge in [0.1, 0.15) is 0 Å². The largest absolute Gasteiger partial charge is 0.454 e. The van der Waals surface area contributed by atoms with Crippen LogP contribution in [0.1, 0.15) is 0 Å². The molecule has 0 aliphatic carbocycles. The monoisotopic (exact) mass is 200 g/mol.